The van der Waals surface area contributed by atoms with E-state index in [1.54, 1.807) is 6.07 Å². The summed E-state index contributed by atoms with van der Waals surface area (Å²) in [5, 5.41) is 10.8. The summed E-state index contributed by atoms with van der Waals surface area (Å²) in [6.07, 6.45) is 3.96. The van der Waals surface area contributed by atoms with E-state index in [-0.39, 0.29) is 10.9 Å². The van der Waals surface area contributed by atoms with E-state index >= 15 is 0 Å². The molecule has 2 rings (SSSR count). The van der Waals surface area contributed by atoms with Gasteiger partial charge in [0, 0.05) is 18.6 Å². The van der Waals surface area contributed by atoms with Crippen LogP contribution in [0.3, 0.4) is 0 Å². The van der Waals surface area contributed by atoms with Gasteiger partial charge in [0.15, 0.2) is 5.43 Å². The zero-order chi connectivity index (χ0) is 10.1. The number of carboxylic acid groups (broad SMARTS) is 1. The van der Waals surface area contributed by atoms with Crippen LogP contribution in [-0.4, -0.2) is 15.9 Å². The summed E-state index contributed by atoms with van der Waals surface area (Å²) in [7, 11) is 0. The highest BCUT2D eigenvalue weighted by Gasteiger charge is 2.04. The third-order valence-corrected chi connectivity index (χ3v) is 1.90. The lowest BCUT2D eigenvalue weighted by atomic mass is 10.2. The monoisotopic (exact) mass is 189 g/mol. The van der Waals surface area contributed by atoms with Crippen molar-refractivity contribution in [1.29, 1.82) is 0 Å². The number of carbonyl (C=O) groups excluding carboxylic acids is 1. The molecular weight excluding hydrogens is 184 g/mol. The smallest absolute Gasteiger partial charge is 0.199 e. The molecule has 0 radical (unpaired) electrons. The minimum absolute atomic E-state index is 0.245. The van der Waals surface area contributed by atoms with E-state index < -0.39 is 11.4 Å². The third kappa shape index (κ3) is 1.15. The van der Waals surface area contributed by atoms with Crippen LogP contribution in [0.1, 0.15) is 10.4 Å². The first kappa shape index (κ1) is 8.43. The maximum atomic E-state index is 11.5. The Morgan fingerprint density at radius 3 is 3.00 bits per heavy atom. The van der Waals surface area contributed by atoms with Gasteiger partial charge in [-0.15, -0.1) is 0 Å². The topological polar surface area (TPSA) is 85.9 Å². The Hall–Kier alpha value is -2.17. The molecule has 0 bridgehead atoms. The number of carbonyl (C=O) groups is 1. The predicted octanol–water partition coefficient (Wildman–Crippen LogP) is -0.713. The summed E-state index contributed by atoms with van der Waals surface area (Å²) in [4.78, 5) is 28.4. The lowest BCUT2D eigenvalue weighted by Gasteiger charge is -2.02. The summed E-state index contributed by atoms with van der Waals surface area (Å²) < 4.78 is 0. The highest BCUT2D eigenvalue weighted by atomic mass is 16.4. The first-order chi connectivity index (χ1) is 6.70. The van der Waals surface area contributed by atoms with Crippen LogP contribution >= 0.6 is 0 Å². The van der Waals surface area contributed by atoms with Crippen LogP contribution in [0, 0.1) is 0 Å². The molecule has 0 aliphatic rings. The van der Waals surface area contributed by atoms with Crippen molar-refractivity contribution in [3.8, 4) is 0 Å². The van der Waals surface area contributed by atoms with Crippen molar-refractivity contribution in [1.82, 2.24) is 9.97 Å². The van der Waals surface area contributed by atoms with Crippen molar-refractivity contribution in [2.24, 2.45) is 0 Å². The predicted molar refractivity (Wildman–Crippen MR) is 46.7 cm³/mol. The molecule has 2 aromatic heterocycles. The number of rotatable bonds is 1. The van der Waals surface area contributed by atoms with E-state index in [1.807, 2.05) is 0 Å². The first-order valence-corrected chi connectivity index (χ1v) is 3.87. The Labute approximate surface area is 78.0 Å². The zero-order valence-electron chi connectivity index (χ0n) is 6.98. The van der Waals surface area contributed by atoms with Gasteiger partial charge >= 0.3 is 0 Å². The molecule has 0 saturated heterocycles. The van der Waals surface area contributed by atoms with E-state index in [1.165, 1.54) is 12.4 Å². The molecule has 1 N–H and O–H groups in total. The van der Waals surface area contributed by atoms with Crippen LogP contribution < -0.4 is 10.5 Å². The molecule has 0 unspecified atom stereocenters. The average Bonchev–Trinajstić information content (AvgIpc) is 2.18. The normalized spacial score (nSPS) is 10.3. The molecule has 0 aliphatic heterocycles. The van der Waals surface area contributed by atoms with Gasteiger partial charge < -0.3 is 14.9 Å². The minimum atomic E-state index is -1.49. The molecule has 0 aliphatic carbocycles. The highest BCUT2D eigenvalue weighted by molar-refractivity contribution is 5.90. The number of carboxylic acids is 1. The van der Waals surface area contributed by atoms with Crippen molar-refractivity contribution < 1.29 is 9.90 Å². The Morgan fingerprint density at radius 1 is 1.50 bits per heavy atom. The van der Waals surface area contributed by atoms with E-state index in [0.29, 0.717) is 5.52 Å². The zero-order valence-corrected chi connectivity index (χ0v) is 6.98. The number of aromatic amines is 1. The summed E-state index contributed by atoms with van der Waals surface area (Å²) in [5.74, 6) is -1.49. The number of nitrogens with one attached hydrogen (secondary N) is 1. The number of aromatic nitrogens is 2. The summed E-state index contributed by atoms with van der Waals surface area (Å²) >= 11 is 0. The number of nitrogens with zero attached hydrogens (tertiary/aromatic N) is 1. The third-order valence-electron chi connectivity index (χ3n) is 1.90. The molecule has 2 heterocycles. The van der Waals surface area contributed by atoms with Gasteiger partial charge in [-0.25, -0.2) is 0 Å². The number of hydrogen-bond acceptors (Lipinski definition) is 4. The quantitative estimate of drug-likeness (QED) is 0.641. The molecule has 0 aromatic carbocycles. The lowest BCUT2D eigenvalue weighted by Crippen LogP contribution is -2.29. The Kier molecular flexibility index (Phi) is 1.78. The average molecular weight is 189 g/mol. The molecule has 14 heavy (non-hydrogen) atoms. The maximum absolute atomic E-state index is 11.5. The van der Waals surface area contributed by atoms with Crippen LogP contribution in [0.25, 0.3) is 10.9 Å². The van der Waals surface area contributed by atoms with Gasteiger partial charge in [0.2, 0.25) is 0 Å². The fourth-order valence-electron chi connectivity index (χ4n) is 1.21. The van der Waals surface area contributed by atoms with E-state index in [0.717, 1.165) is 6.20 Å². The number of fused-ring (bicyclic) bond motifs is 1. The fourth-order valence-corrected chi connectivity index (χ4v) is 1.21. The van der Waals surface area contributed by atoms with E-state index in [9.17, 15) is 14.7 Å². The van der Waals surface area contributed by atoms with E-state index in [2.05, 4.69) is 9.97 Å². The molecule has 5 heteroatoms. The Balaban J connectivity index is 2.89. The van der Waals surface area contributed by atoms with Gasteiger partial charge in [0.05, 0.1) is 22.4 Å². The van der Waals surface area contributed by atoms with Gasteiger partial charge in [-0.2, -0.15) is 0 Å². The van der Waals surface area contributed by atoms with Crippen LogP contribution in [0.15, 0.2) is 29.5 Å². The summed E-state index contributed by atoms with van der Waals surface area (Å²) in [5.41, 5.74) is -0.410. The standard InChI is InChI=1S/C9H6N2O3/c12-8-5-3-10-2-1-7(5)11-4-6(8)9(13)14/h1-4H,(H,11,12)(H,13,14)/p-1. The molecule has 70 valence electrons. The second-order valence-electron chi connectivity index (χ2n) is 2.74. The van der Waals surface area contributed by atoms with Gasteiger partial charge in [0.1, 0.15) is 0 Å². The number of aromatic carboxylic acids is 1. The molecule has 0 atom stereocenters. The van der Waals surface area contributed by atoms with Crippen molar-refractivity contribution in [3.63, 3.8) is 0 Å². The summed E-state index contributed by atoms with van der Waals surface area (Å²) in [6.45, 7) is 0. The van der Waals surface area contributed by atoms with Gasteiger partial charge in [-0.3, -0.25) is 9.78 Å². The van der Waals surface area contributed by atoms with Crippen molar-refractivity contribution >= 4 is 16.9 Å². The number of hydrogen-bond donors (Lipinski definition) is 1. The Bertz CT molecular complexity index is 559. The molecule has 0 amide bonds. The SMILES string of the molecule is O=C([O-])c1c[nH]c2ccncc2c1=O. The van der Waals surface area contributed by atoms with Gasteiger partial charge in [0.25, 0.3) is 0 Å². The first-order valence-electron chi connectivity index (χ1n) is 3.87. The molecular formula is C9H5N2O3-. The van der Waals surface area contributed by atoms with Crippen LogP contribution in [0.5, 0.6) is 0 Å². The molecule has 5 nitrogen and oxygen atoms in total. The molecule has 0 fully saturated rings. The fraction of sp³-hybridized carbons (Fsp3) is 0. The minimum Gasteiger partial charge on any atom is -0.545 e. The van der Waals surface area contributed by atoms with Gasteiger partial charge in [-0.1, -0.05) is 0 Å². The second-order valence-corrected chi connectivity index (χ2v) is 2.74. The molecule has 0 spiro atoms. The van der Waals surface area contributed by atoms with Crippen LogP contribution in [0.4, 0.5) is 0 Å². The number of H-pyrrole nitrogens is 1. The largest absolute Gasteiger partial charge is 0.545 e. The van der Waals surface area contributed by atoms with Crippen molar-refractivity contribution in [2.45, 2.75) is 0 Å². The summed E-state index contributed by atoms with van der Waals surface area (Å²) in [6, 6.07) is 1.59. The second kappa shape index (κ2) is 2.95. The van der Waals surface area contributed by atoms with E-state index in [4.69, 9.17) is 0 Å². The van der Waals surface area contributed by atoms with Gasteiger partial charge in [-0.05, 0) is 6.07 Å². The van der Waals surface area contributed by atoms with Crippen LogP contribution in [0.2, 0.25) is 0 Å². The van der Waals surface area contributed by atoms with Crippen molar-refractivity contribution in [2.75, 3.05) is 0 Å². The van der Waals surface area contributed by atoms with Crippen molar-refractivity contribution in [3.05, 3.63) is 40.4 Å². The molecule has 2 aromatic rings. The Morgan fingerprint density at radius 2 is 2.29 bits per heavy atom. The lowest BCUT2D eigenvalue weighted by molar-refractivity contribution is -0.255. The maximum Gasteiger partial charge on any atom is 0.199 e. The van der Waals surface area contributed by atoms with Crippen LogP contribution in [-0.2, 0) is 0 Å². The molecule has 0 saturated carbocycles. The number of pyridine rings is 2. The highest BCUT2D eigenvalue weighted by Crippen LogP contribution is 2.04.